The zero-order chi connectivity index (χ0) is 15.1. The second-order valence-corrected chi connectivity index (χ2v) is 6.15. The van der Waals surface area contributed by atoms with Crippen molar-refractivity contribution in [1.29, 1.82) is 0 Å². The first-order valence-corrected chi connectivity index (χ1v) is 8.33. The third kappa shape index (κ3) is 5.42. The van der Waals surface area contributed by atoms with Crippen LogP contribution in [-0.4, -0.2) is 43.8 Å². The Morgan fingerprint density at radius 1 is 1.33 bits per heavy atom. The molecule has 3 heteroatoms. The molecule has 1 fully saturated rings. The number of nitrogens with one attached hydrogen (secondary N) is 1. The first kappa shape index (κ1) is 16.5. The van der Waals surface area contributed by atoms with E-state index in [2.05, 4.69) is 55.3 Å². The number of rotatable bonds is 6. The predicted molar refractivity (Wildman–Crippen MR) is 88.7 cm³/mol. The topological polar surface area (TPSA) is 24.5 Å². The van der Waals surface area contributed by atoms with Crippen LogP contribution >= 0.6 is 0 Å². The first-order valence-electron chi connectivity index (χ1n) is 8.33. The molecule has 1 N–H and O–H groups in total. The van der Waals surface area contributed by atoms with Crippen LogP contribution in [0.4, 0.5) is 0 Å². The molecule has 118 valence electrons. The lowest BCUT2D eigenvalue weighted by molar-refractivity contribution is 0.0672. The summed E-state index contributed by atoms with van der Waals surface area (Å²) >= 11 is 0. The Bertz CT molecular complexity index is 404. The molecule has 3 nitrogen and oxygen atoms in total. The van der Waals surface area contributed by atoms with Crippen molar-refractivity contribution >= 4 is 0 Å². The van der Waals surface area contributed by atoms with E-state index in [4.69, 9.17) is 4.74 Å². The Morgan fingerprint density at radius 3 is 2.81 bits per heavy atom. The highest BCUT2D eigenvalue weighted by Crippen LogP contribution is 2.18. The van der Waals surface area contributed by atoms with Crippen molar-refractivity contribution in [3.8, 4) is 0 Å². The standard InChI is InChI=1S/C18H30N2O/c1-4-19-18(17-8-6-15(2)7-9-17)10-12-20-11-5-13-21-16(3)14-20/h6-9,16,18-19H,4-5,10-14H2,1-3H3. The molecule has 2 unspecified atom stereocenters. The second kappa shape index (κ2) is 8.52. The van der Waals surface area contributed by atoms with Crippen LogP contribution in [-0.2, 0) is 4.74 Å². The van der Waals surface area contributed by atoms with Crippen molar-refractivity contribution in [3.63, 3.8) is 0 Å². The number of ether oxygens (including phenoxy) is 1. The van der Waals surface area contributed by atoms with Gasteiger partial charge in [-0.2, -0.15) is 0 Å². The summed E-state index contributed by atoms with van der Waals surface area (Å²) in [5.74, 6) is 0. The van der Waals surface area contributed by atoms with Crippen LogP contribution in [0.1, 0.15) is 43.9 Å². The van der Waals surface area contributed by atoms with Crippen LogP contribution in [0.3, 0.4) is 0 Å². The summed E-state index contributed by atoms with van der Waals surface area (Å²) in [7, 11) is 0. The van der Waals surface area contributed by atoms with Gasteiger partial charge in [-0.15, -0.1) is 0 Å². The summed E-state index contributed by atoms with van der Waals surface area (Å²) < 4.78 is 5.73. The molecule has 0 saturated carbocycles. The average molecular weight is 290 g/mol. The maximum atomic E-state index is 5.73. The van der Waals surface area contributed by atoms with Crippen molar-refractivity contribution < 1.29 is 4.74 Å². The van der Waals surface area contributed by atoms with E-state index in [-0.39, 0.29) is 0 Å². The Labute approximate surface area is 129 Å². The van der Waals surface area contributed by atoms with Gasteiger partial charge >= 0.3 is 0 Å². The first-order chi connectivity index (χ1) is 10.2. The quantitative estimate of drug-likeness (QED) is 0.871. The number of hydrogen-bond donors (Lipinski definition) is 1. The summed E-state index contributed by atoms with van der Waals surface area (Å²) in [5.41, 5.74) is 2.73. The van der Waals surface area contributed by atoms with Crippen molar-refractivity contribution in [2.24, 2.45) is 0 Å². The number of benzene rings is 1. The van der Waals surface area contributed by atoms with Crippen molar-refractivity contribution in [2.75, 3.05) is 32.8 Å². The number of aryl methyl sites for hydroxylation is 1. The van der Waals surface area contributed by atoms with Gasteiger partial charge < -0.3 is 15.0 Å². The van der Waals surface area contributed by atoms with E-state index in [1.807, 2.05) is 0 Å². The molecule has 1 aromatic carbocycles. The highest BCUT2D eigenvalue weighted by molar-refractivity contribution is 5.24. The molecule has 0 bridgehead atoms. The molecule has 1 aliphatic heterocycles. The highest BCUT2D eigenvalue weighted by atomic mass is 16.5. The minimum Gasteiger partial charge on any atom is -0.377 e. The monoisotopic (exact) mass is 290 g/mol. The normalized spacial score (nSPS) is 22.0. The van der Waals surface area contributed by atoms with E-state index in [0.29, 0.717) is 12.1 Å². The molecule has 2 rings (SSSR count). The summed E-state index contributed by atoms with van der Waals surface area (Å²) in [4.78, 5) is 2.55. The third-order valence-corrected chi connectivity index (χ3v) is 4.20. The fourth-order valence-corrected chi connectivity index (χ4v) is 3.03. The zero-order valence-electron chi connectivity index (χ0n) is 13.8. The van der Waals surface area contributed by atoms with Gasteiger partial charge in [0, 0.05) is 32.3 Å². The lowest BCUT2D eigenvalue weighted by Gasteiger charge is -2.25. The summed E-state index contributed by atoms with van der Waals surface area (Å²) in [6, 6.07) is 9.39. The molecular formula is C18H30N2O. The van der Waals surface area contributed by atoms with Gasteiger partial charge in [0.2, 0.25) is 0 Å². The lowest BCUT2D eigenvalue weighted by Crippen LogP contribution is -2.33. The smallest absolute Gasteiger partial charge is 0.0673 e. The Balaban J connectivity index is 1.91. The van der Waals surface area contributed by atoms with Gasteiger partial charge in [-0.1, -0.05) is 36.8 Å². The lowest BCUT2D eigenvalue weighted by atomic mass is 10.0. The van der Waals surface area contributed by atoms with Crippen LogP contribution in [0.2, 0.25) is 0 Å². The Hall–Kier alpha value is -0.900. The number of hydrogen-bond acceptors (Lipinski definition) is 3. The zero-order valence-corrected chi connectivity index (χ0v) is 13.8. The predicted octanol–water partition coefficient (Wildman–Crippen LogP) is 3.15. The summed E-state index contributed by atoms with van der Waals surface area (Å²) in [6.07, 6.45) is 2.68. The molecule has 1 heterocycles. The van der Waals surface area contributed by atoms with Crippen LogP contribution < -0.4 is 5.32 Å². The van der Waals surface area contributed by atoms with Gasteiger partial charge in [0.1, 0.15) is 0 Å². The maximum Gasteiger partial charge on any atom is 0.0673 e. The minimum absolute atomic E-state index is 0.365. The van der Waals surface area contributed by atoms with Crippen LogP contribution in [0.25, 0.3) is 0 Å². The molecule has 21 heavy (non-hydrogen) atoms. The van der Waals surface area contributed by atoms with E-state index < -0.39 is 0 Å². The minimum atomic E-state index is 0.365. The largest absolute Gasteiger partial charge is 0.377 e. The average Bonchev–Trinajstić information content (AvgIpc) is 2.69. The molecule has 0 aromatic heterocycles. The summed E-state index contributed by atoms with van der Waals surface area (Å²) in [5, 5.41) is 3.63. The van der Waals surface area contributed by atoms with E-state index in [1.54, 1.807) is 0 Å². The second-order valence-electron chi connectivity index (χ2n) is 6.15. The molecule has 0 spiro atoms. The van der Waals surface area contributed by atoms with E-state index in [0.717, 1.165) is 45.6 Å². The molecule has 0 radical (unpaired) electrons. The highest BCUT2D eigenvalue weighted by Gasteiger charge is 2.17. The summed E-state index contributed by atoms with van der Waals surface area (Å²) in [6.45, 7) is 11.8. The van der Waals surface area contributed by atoms with Gasteiger partial charge in [0.25, 0.3) is 0 Å². The molecule has 0 aliphatic carbocycles. The van der Waals surface area contributed by atoms with E-state index in [9.17, 15) is 0 Å². The van der Waals surface area contributed by atoms with Crippen molar-refractivity contribution in [3.05, 3.63) is 35.4 Å². The maximum absolute atomic E-state index is 5.73. The third-order valence-electron chi connectivity index (χ3n) is 4.20. The van der Waals surface area contributed by atoms with Gasteiger partial charge in [-0.05, 0) is 38.8 Å². The Morgan fingerprint density at radius 2 is 2.10 bits per heavy atom. The van der Waals surface area contributed by atoms with Crippen molar-refractivity contribution in [1.82, 2.24) is 10.2 Å². The molecule has 0 amide bonds. The molecule has 1 aliphatic rings. The fourth-order valence-electron chi connectivity index (χ4n) is 3.03. The van der Waals surface area contributed by atoms with Gasteiger partial charge in [-0.25, -0.2) is 0 Å². The van der Waals surface area contributed by atoms with E-state index >= 15 is 0 Å². The van der Waals surface area contributed by atoms with E-state index in [1.165, 1.54) is 11.1 Å². The fraction of sp³-hybridized carbons (Fsp3) is 0.667. The molecular weight excluding hydrogens is 260 g/mol. The van der Waals surface area contributed by atoms with Crippen LogP contribution in [0, 0.1) is 6.92 Å². The molecule has 2 atom stereocenters. The van der Waals surface area contributed by atoms with Gasteiger partial charge in [-0.3, -0.25) is 0 Å². The molecule has 1 aromatic rings. The van der Waals surface area contributed by atoms with Crippen molar-refractivity contribution in [2.45, 2.75) is 45.8 Å². The molecule has 1 saturated heterocycles. The van der Waals surface area contributed by atoms with Crippen LogP contribution in [0.15, 0.2) is 24.3 Å². The number of nitrogens with zero attached hydrogens (tertiary/aromatic N) is 1. The van der Waals surface area contributed by atoms with Gasteiger partial charge in [0.15, 0.2) is 0 Å². The SMILES string of the molecule is CCNC(CCN1CCCOC(C)C1)c1ccc(C)cc1. The van der Waals surface area contributed by atoms with Gasteiger partial charge in [0.05, 0.1) is 6.10 Å². The van der Waals surface area contributed by atoms with Crippen LogP contribution in [0.5, 0.6) is 0 Å². The Kier molecular flexibility index (Phi) is 6.68.